The fraction of sp³-hybridized carbons (Fsp3) is 0.696. The number of nitrogens with zero attached hydrogens (tertiary/aromatic N) is 2. The number of rotatable bonds is 8. The van der Waals surface area contributed by atoms with Gasteiger partial charge in [0.05, 0.1) is 17.6 Å². The summed E-state index contributed by atoms with van der Waals surface area (Å²) in [5.74, 6) is 0.0247. The Morgan fingerprint density at radius 2 is 2.06 bits per heavy atom. The number of carbonyl (C=O) groups excluding carboxylic acids is 3. The summed E-state index contributed by atoms with van der Waals surface area (Å²) in [4.78, 5) is 42.6. The lowest BCUT2D eigenvalue weighted by Crippen LogP contribution is -2.56. The predicted octanol–water partition coefficient (Wildman–Crippen LogP) is 3.19. The van der Waals surface area contributed by atoms with Crippen molar-refractivity contribution >= 4 is 34.2 Å². The zero-order valence-electron chi connectivity index (χ0n) is 19.0. The molecule has 0 aromatic carbocycles. The summed E-state index contributed by atoms with van der Waals surface area (Å²) in [5, 5.41) is 6.83. The minimum absolute atomic E-state index is 0.0304. The third-order valence-corrected chi connectivity index (χ3v) is 7.87. The Kier molecular flexibility index (Phi) is 7.17. The van der Waals surface area contributed by atoms with Crippen LogP contribution in [0.4, 0.5) is 9.80 Å². The number of ether oxygens (including phenoxy) is 1. The highest BCUT2D eigenvalue weighted by atomic mass is 32.1. The summed E-state index contributed by atoms with van der Waals surface area (Å²) in [5.41, 5.74) is -0.780. The molecular formula is C23H34N4O4S. The molecule has 2 atom stereocenters. The van der Waals surface area contributed by atoms with Crippen LogP contribution in [0.5, 0.6) is 0 Å². The molecule has 0 bridgehead atoms. The normalized spacial score (nSPS) is 27.2. The number of imide groups is 1. The fourth-order valence-corrected chi connectivity index (χ4v) is 6.35. The highest BCUT2D eigenvalue weighted by Crippen LogP contribution is 2.38. The first-order valence-corrected chi connectivity index (χ1v) is 12.6. The third-order valence-electron chi connectivity index (χ3n) is 6.88. The van der Waals surface area contributed by atoms with Gasteiger partial charge in [0.25, 0.3) is 5.91 Å². The number of nitrogens with one attached hydrogen (secondary N) is 2. The highest BCUT2D eigenvalue weighted by Gasteiger charge is 2.55. The molecule has 8 nitrogen and oxygen atoms in total. The lowest BCUT2D eigenvalue weighted by atomic mass is 9.74. The van der Waals surface area contributed by atoms with E-state index in [0.29, 0.717) is 19.6 Å². The molecule has 0 spiro atoms. The van der Waals surface area contributed by atoms with E-state index in [9.17, 15) is 14.4 Å². The van der Waals surface area contributed by atoms with Crippen molar-refractivity contribution in [2.24, 2.45) is 5.92 Å². The summed E-state index contributed by atoms with van der Waals surface area (Å²) < 4.78 is 5.68. The molecule has 3 fully saturated rings. The van der Waals surface area contributed by atoms with Crippen molar-refractivity contribution in [3.63, 3.8) is 0 Å². The second kappa shape index (κ2) is 9.89. The van der Waals surface area contributed by atoms with Gasteiger partial charge in [-0.2, -0.15) is 0 Å². The molecule has 0 unspecified atom stereocenters. The lowest BCUT2D eigenvalue weighted by Gasteiger charge is -2.41. The summed E-state index contributed by atoms with van der Waals surface area (Å²) in [7, 11) is 0. The maximum absolute atomic E-state index is 13.5. The average Bonchev–Trinajstić information content (AvgIpc) is 3.47. The maximum atomic E-state index is 13.5. The standard InChI is InChI=1S/C23H34N4O4S/c1-3-10-23(21(29)27(22(30)25-23)14-18-5-4-13-31-18)17-8-11-26(12-9-17)15-19-6-7-20(32-19)24-16(2)28/h6-7,17-18H,3-5,8-15H2,1-2H3,(H,24,28)(H,25,30)/t18-,23-/m0/s1. The molecular weight excluding hydrogens is 428 g/mol. The van der Waals surface area contributed by atoms with E-state index < -0.39 is 5.54 Å². The summed E-state index contributed by atoms with van der Waals surface area (Å²) in [6, 6.07) is 3.75. The van der Waals surface area contributed by atoms with Gasteiger partial charge in [-0.15, -0.1) is 11.3 Å². The third kappa shape index (κ3) is 4.84. The summed E-state index contributed by atoms with van der Waals surface area (Å²) >= 11 is 1.60. The van der Waals surface area contributed by atoms with Crippen LogP contribution < -0.4 is 10.6 Å². The Balaban J connectivity index is 1.37. The van der Waals surface area contributed by atoms with Crippen LogP contribution >= 0.6 is 11.3 Å². The largest absolute Gasteiger partial charge is 0.376 e. The van der Waals surface area contributed by atoms with Crippen molar-refractivity contribution < 1.29 is 19.1 Å². The van der Waals surface area contributed by atoms with Crippen molar-refractivity contribution in [1.82, 2.24) is 15.1 Å². The van der Waals surface area contributed by atoms with Gasteiger partial charge in [-0.05, 0) is 63.2 Å². The molecule has 4 heterocycles. The Morgan fingerprint density at radius 1 is 1.28 bits per heavy atom. The Hall–Kier alpha value is -1.97. The van der Waals surface area contributed by atoms with E-state index >= 15 is 0 Å². The predicted molar refractivity (Wildman–Crippen MR) is 123 cm³/mol. The first kappa shape index (κ1) is 23.2. The van der Waals surface area contributed by atoms with Crippen molar-refractivity contribution in [3.05, 3.63) is 17.0 Å². The van der Waals surface area contributed by atoms with Gasteiger partial charge < -0.3 is 15.4 Å². The molecule has 3 saturated heterocycles. The number of amides is 4. The molecule has 3 aliphatic heterocycles. The maximum Gasteiger partial charge on any atom is 0.325 e. The molecule has 4 amide bonds. The lowest BCUT2D eigenvalue weighted by molar-refractivity contribution is -0.135. The van der Waals surface area contributed by atoms with Crippen LogP contribution in [0.1, 0.15) is 57.2 Å². The number of hydrogen-bond donors (Lipinski definition) is 2. The first-order valence-electron chi connectivity index (χ1n) is 11.8. The Labute approximate surface area is 193 Å². The molecule has 32 heavy (non-hydrogen) atoms. The minimum atomic E-state index is -0.780. The van der Waals surface area contributed by atoms with E-state index in [1.807, 2.05) is 6.07 Å². The number of thiophene rings is 1. The van der Waals surface area contributed by atoms with E-state index in [4.69, 9.17) is 4.74 Å². The molecule has 1 aromatic heterocycles. The first-order chi connectivity index (χ1) is 15.4. The molecule has 0 aliphatic carbocycles. The van der Waals surface area contributed by atoms with Crippen molar-refractivity contribution in [1.29, 1.82) is 0 Å². The monoisotopic (exact) mass is 462 g/mol. The van der Waals surface area contributed by atoms with E-state index in [2.05, 4.69) is 28.5 Å². The van der Waals surface area contributed by atoms with Crippen molar-refractivity contribution in [3.8, 4) is 0 Å². The number of urea groups is 1. The molecule has 0 radical (unpaired) electrons. The van der Waals surface area contributed by atoms with Gasteiger partial charge in [-0.3, -0.25) is 19.4 Å². The topological polar surface area (TPSA) is 91.0 Å². The van der Waals surface area contributed by atoms with Crippen LogP contribution in [0.15, 0.2) is 12.1 Å². The van der Waals surface area contributed by atoms with Gasteiger partial charge in [0, 0.05) is 25.0 Å². The summed E-state index contributed by atoms with van der Waals surface area (Å²) in [6.45, 7) is 7.28. The van der Waals surface area contributed by atoms with E-state index in [-0.39, 0.29) is 29.9 Å². The van der Waals surface area contributed by atoms with Crippen LogP contribution in [-0.4, -0.2) is 65.5 Å². The average molecular weight is 463 g/mol. The van der Waals surface area contributed by atoms with Crippen LogP contribution in [0.2, 0.25) is 0 Å². The van der Waals surface area contributed by atoms with Gasteiger partial charge in [0.15, 0.2) is 0 Å². The zero-order valence-corrected chi connectivity index (χ0v) is 19.8. The van der Waals surface area contributed by atoms with Crippen LogP contribution in [0, 0.1) is 5.92 Å². The van der Waals surface area contributed by atoms with E-state index in [1.54, 1.807) is 11.3 Å². The quantitative estimate of drug-likeness (QED) is 0.579. The highest BCUT2D eigenvalue weighted by molar-refractivity contribution is 7.16. The summed E-state index contributed by atoms with van der Waals surface area (Å²) in [6.07, 6.45) is 5.15. The Bertz CT molecular complexity index is 845. The van der Waals surface area contributed by atoms with Gasteiger partial charge in [-0.1, -0.05) is 13.3 Å². The number of hydrogen-bond acceptors (Lipinski definition) is 6. The van der Waals surface area contributed by atoms with E-state index in [1.165, 1.54) is 16.7 Å². The molecule has 0 saturated carbocycles. The molecule has 176 valence electrons. The number of carbonyl (C=O) groups is 3. The molecule has 1 aromatic rings. The van der Waals surface area contributed by atoms with Gasteiger partial charge in [0.1, 0.15) is 5.54 Å². The number of piperidine rings is 1. The van der Waals surface area contributed by atoms with Crippen molar-refractivity contribution in [2.75, 3.05) is 31.6 Å². The molecule has 3 aliphatic rings. The smallest absolute Gasteiger partial charge is 0.325 e. The van der Waals surface area contributed by atoms with Crippen LogP contribution in [0.3, 0.4) is 0 Å². The minimum Gasteiger partial charge on any atom is -0.376 e. The van der Waals surface area contributed by atoms with E-state index in [0.717, 1.165) is 56.7 Å². The van der Waals surface area contributed by atoms with Gasteiger partial charge in [0.2, 0.25) is 5.91 Å². The number of anilines is 1. The van der Waals surface area contributed by atoms with Crippen LogP contribution in [-0.2, 0) is 20.9 Å². The van der Waals surface area contributed by atoms with Crippen LogP contribution in [0.25, 0.3) is 0 Å². The van der Waals surface area contributed by atoms with Gasteiger partial charge in [-0.25, -0.2) is 4.79 Å². The van der Waals surface area contributed by atoms with Gasteiger partial charge >= 0.3 is 6.03 Å². The second-order valence-electron chi connectivity index (χ2n) is 9.20. The molecule has 4 rings (SSSR count). The fourth-order valence-electron chi connectivity index (χ4n) is 5.36. The second-order valence-corrected chi connectivity index (χ2v) is 10.4. The molecule has 2 N–H and O–H groups in total. The number of likely N-dealkylation sites (tertiary alicyclic amines) is 1. The van der Waals surface area contributed by atoms with Crippen molar-refractivity contribution in [2.45, 2.75) is 70.6 Å². The zero-order chi connectivity index (χ0) is 22.7. The SMILES string of the molecule is CCC[C@@]1(C2CCN(Cc3ccc(NC(C)=O)s3)CC2)NC(=O)N(C[C@@H]2CCCO2)C1=O. The Morgan fingerprint density at radius 3 is 2.72 bits per heavy atom. The molecule has 9 heteroatoms.